The number of nitrogen functional groups attached to an aromatic ring is 1. The van der Waals surface area contributed by atoms with Crippen molar-refractivity contribution < 1.29 is 22.3 Å². The fourth-order valence-electron chi connectivity index (χ4n) is 1.65. The van der Waals surface area contributed by atoms with E-state index >= 15 is 0 Å². The number of ether oxygens (including phenoxy) is 1. The third-order valence-electron chi connectivity index (χ3n) is 2.76. The van der Waals surface area contributed by atoms with Crippen molar-refractivity contribution >= 4 is 5.69 Å². The summed E-state index contributed by atoms with van der Waals surface area (Å²) in [5.74, 6) is -1.25. The molecule has 0 aliphatic carbocycles. The number of halogens is 4. The lowest BCUT2D eigenvalue weighted by Gasteiger charge is -2.13. The molecule has 0 spiro atoms. The first kappa shape index (κ1) is 14.2. The summed E-state index contributed by atoms with van der Waals surface area (Å²) in [5, 5.41) is 0. The molecule has 2 aromatic carbocycles. The van der Waals surface area contributed by atoms with Crippen molar-refractivity contribution in [3.05, 3.63) is 53.3 Å². The van der Waals surface area contributed by atoms with Crippen molar-refractivity contribution in [3.8, 4) is 11.5 Å². The minimum atomic E-state index is -4.78. The number of rotatable bonds is 2. The minimum Gasteiger partial charge on any atom is -0.455 e. The van der Waals surface area contributed by atoms with Crippen LogP contribution in [0.3, 0.4) is 0 Å². The van der Waals surface area contributed by atoms with E-state index in [1.807, 2.05) is 0 Å². The Bertz CT molecular complexity index is 638. The standard InChI is InChI=1S/C14H11F4NO/c1-8-3-2-4-12(13(8)19)20-9-5-6-11(15)10(7-9)14(16,17)18/h2-7H,19H2,1H3. The Morgan fingerprint density at radius 2 is 1.80 bits per heavy atom. The normalized spacial score (nSPS) is 11.4. The van der Waals surface area contributed by atoms with E-state index in [4.69, 9.17) is 10.5 Å². The molecule has 0 bridgehead atoms. The van der Waals surface area contributed by atoms with Crippen LogP contribution in [0.2, 0.25) is 0 Å². The molecule has 0 unspecified atom stereocenters. The summed E-state index contributed by atoms with van der Waals surface area (Å²) in [4.78, 5) is 0. The van der Waals surface area contributed by atoms with Gasteiger partial charge in [-0.25, -0.2) is 4.39 Å². The van der Waals surface area contributed by atoms with Gasteiger partial charge in [-0.1, -0.05) is 12.1 Å². The maximum atomic E-state index is 13.1. The SMILES string of the molecule is Cc1cccc(Oc2ccc(F)c(C(F)(F)F)c2)c1N. The number of hydrogen-bond acceptors (Lipinski definition) is 2. The van der Waals surface area contributed by atoms with Crippen LogP contribution in [0.15, 0.2) is 36.4 Å². The molecule has 0 aliphatic heterocycles. The molecule has 0 saturated carbocycles. The summed E-state index contributed by atoms with van der Waals surface area (Å²) in [5.41, 5.74) is 5.45. The number of para-hydroxylation sites is 1. The van der Waals surface area contributed by atoms with Crippen LogP contribution in [-0.4, -0.2) is 0 Å². The molecule has 2 rings (SSSR count). The second kappa shape index (κ2) is 5.03. The minimum absolute atomic E-state index is 0.129. The molecule has 0 atom stereocenters. The molecule has 2 aromatic rings. The lowest BCUT2D eigenvalue weighted by Crippen LogP contribution is -2.08. The highest BCUT2D eigenvalue weighted by molar-refractivity contribution is 5.59. The number of benzene rings is 2. The monoisotopic (exact) mass is 285 g/mol. The fraction of sp³-hybridized carbons (Fsp3) is 0.143. The van der Waals surface area contributed by atoms with Crippen LogP contribution < -0.4 is 10.5 Å². The highest BCUT2D eigenvalue weighted by Crippen LogP contribution is 2.36. The molecule has 6 heteroatoms. The second-order valence-corrected chi connectivity index (χ2v) is 4.23. The van der Waals surface area contributed by atoms with Crippen molar-refractivity contribution in [1.29, 1.82) is 0 Å². The first-order chi connectivity index (χ1) is 9.29. The van der Waals surface area contributed by atoms with Crippen LogP contribution in [0.25, 0.3) is 0 Å². The Labute approximate surface area is 112 Å². The molecular formula is C14H11F4NO. The molecule has 2 N–H and O–H groups in total. The summed E-state index contributed by atoms with van der Waals surface area (Å²) >= 11 is 0. The van der Waals surface area contributed by atoms with Crippen molar-refractivity contribution in [1.82, 2.24) is 0 Å². The zero-order valence-electron chi connectivity index (χ0n) is 10.5. The lowest BCUT2D eigenvalue weighted by atomic mass is 10.2. The van der Waals surface area contributed by atoms with Crippen molar-refractivity contribution in [2.45, 2.75) is 13.1 Å². The third-order valence-corrected chi connectivity index (χ3v) is 2.76. The number of alkyl halides is 3. The van der Waals surface area contributed by atoms with Gasteiger partial charge in [0.2, 0.25) is 0 Å². The van der Waals surface area contributed by atoms with Crippen LogP contribution in [-0.2, 0) is 6.18 Å². The van der Waals surface area contributed by atoms with E-state index in [1.54, 1.807) is 19.1 Å². The van der Waals surface area contributed by atoms with Crippen LogP contribution in [0.1, 0.15) is 11.1 Å². The molecular weight excluding hydrogens is 274 g/mol. The highest BCUT2D eigenvalue weighted by atomic mass is 19.4. The van der Waals surface area contributed by atoms with Gasteiger partial charge >= 0.3 is 6.18 Å². The van der Waals surface area contributed by atoms with Gasteiger partial charge in [0.1, 0.15) is 11.6 Å². The first-order valence-corrected chi connectivity index (χ1v) is 5.68. The topological polar surface area (TPSA) is 35.2 Å². The Morgan fingerprint density at radius 1 is 1.10 bits per heavy atom. The number of aryl methyl sites for hydroxylation is 1. The lowest BCUT2D eigenvalue weighted by molar-refractivity contribution is -0.140. The maximum absolute atomic E-state index is 13.1. The second-order valence-electron chi connectivity index (χ2n) is 4.23. The van der Waals surface area contributed by atoms with Gasteiger partial charge in [-0.05, 0) is 36.8 Å². The van der Waals surface area contributed by atoms with Crippen LogP contribution >= 0.6 is 0 Å². The van der Waals surface area contributed by atoms with Crippen molar-refractivity contribution in [2.24, 2.45) is 0 Å². The molecule has 0 aliphatic rings. The van der Waals surface area contributed by atoms with E-state index in [0.29, 0.717) is 17.8 Å². The molecule has 0 amide bonds. The van der Waals surface area contributed by atoms with Gasteiger partial charge in [-0.2, -0.15) is 13.2 Å². The molecule has 0 saturated heterocycles. The van der Waals surface area contributed by atoms with Crippen LogP contribution in [0.5, 0.6) is 11.5 Å². The number of nitrogens with two attached hydrogens (primary N) is 1. The van der Waals surface area contributed by atoms with Gasteiger partial charge in [0.05, 0.1) is 11.3 Å². The zero-order valence-corrected chi connectivity index (χ0v) is 10.5. The van der Waals surface area contributed by atoms with E-state index in [1.165, 1.54) is 6.07 Å². The zero-order chi connectivity index (χ0) is 14.9. The largest absolute Gasteiger partial charge is 0.455 e. The number of anilines is 1. The van der Waals surface area contributed by atoms with Gasteiger partial charge < -0.3 is 10.5 Å². The Balaban J connectivity index is 2.38. The van der Waals surface area contributed by atoms with Crippen LogP contribution in [0, 0.1) is 12.7 Å². The quantitative estimate of drug-likeness (QED) is 0.650. The van der Waals surface area contributed by atoms with Gasteiger partial charge in [-0.3, -0.25) is 0 Å². The molecule has 0 radical (unpaired) electrons. The average molecular weight is 285 g/mol. The Hall–Kier alpha value is -2.24. The van der Waals surface area contributed by atoms with Crippen LogP contribution in [0.4, 0.5) is 23.2 Å². The summed E-state index contributed by atoms with van der Waals surface area (Å²) in [7, 11) is 0. The smallest absolute Gasteiger partial charge is 0.419 e. The van der Waals surface area contributed by atoms with E-state index in [0.717, 1.165) is 11.6 Å². The first-order valence-electron chi connectivity index (χ1n) is 5.68. The molecule has 20 heavy (non-hydrogen) atoms. The van der Waals surface area contributed by atoms with Crippen molar-refractivity contribution in [3.63, 3.8) is 0 Å². The van der Waals surface area contributed by atoms with E-state index in [9.17, 15) is 17.6 Å². The van der Waals surface area contributed by atoms with E-state index in [-0.39, 0.29) is 11.5 Å². The molecule has 0 aromatic heterocycles. The molecule has 0 fully saturated rings. The van der Waals surface area contributed by atoms with Gasteiger partial charge in [0.25, 0.3) is 0 Å². The third kappa shape index (κ3) is 2.84. The molecule has 0 heterocycles. The average Bonchev–Trinajstić information content (AvgIpc) is 2.36. The summed E-state index contributed by atoms with van der Waals surface area (Å²) in [6.45, 7) is 1.74. The van der Waals surface area contributed by atoms with Gasteiger partial charge in [-0.15, -0.1) is 0 Å². The predicted molar refractivity (Wildman–Crippen MR) is 67.1 cm³/mol. The Morgan fingerprint density at radius 3 is 2.45 bits per heavy atom. The summed E-state index contributed by atoms with van der Waals surface area (Å²) < 4.78 is 56.2. The Kier molecular flexibility index (Phi) is 3.57. The molecule has 106 valence electrons. The van der Waals surface area contributed by atoms with E-state index in [2.05, 4.69) is 0 Å². The maximum Gasteiger partial charge on any atom is 0.419 e. The van der Waals surface area contributed by atoms with Gasteiger partial charge in [0, 0.05) is 0 Å². The summed E-state index contributed by atoms with van der Waals surface area (Å²) in [6.07, 6.45) is -4.78. The highest BCUT2D eigenvalue weighted by Gasteiger charge is 2.34. The predicted octanol–water partition coefficient (Wildman–Crippen LogP) is 4.53. The van der Waals surface area contributed by atoms with Crippen molar-refractivity contribution in [2.75, 3.05) is 5.73 Å². The fourth-order valence-corrected chi connectivity index (χ4v) is 1.65. The summed E-state index contributed by atoms with van der Waals surface area (Å²) in [6, 6.07) is 7.37. The van der Waals surface area contributed by atoms with Gasteiger partial charge in [0.15, 0.2) is 5.75 Å². The molecule has 2 nitrogen and oxygen atoms in total. The number of hydrogen-bond donors (Lipinski definition) is 1. The van der Waals surface area contributed by atoms with E-state index < -0.39 is 17.6 Å².